The lowest BCUT2D eigenvalue weighted by atomic mass is 9.73. The van der Waals surface area contributed by atoms with E-state index in [-0.39, 0.29) is 34.6 Å². The van der Waals surface area contributed by atoms with Crippen molar-refractivity contribution in [2.24, 2.45) is 10.4 Å². The molecule has 0 unspecified atom stereocenters. The predicted molar refractivity (Wildman–Crippen MR) is 110 cm³/mol. The summed E-state index contributed by atoms with van der Waals surface area (Å²) < 4.78 is 0. The number of nitrogens with zero attached hydrogens (tertiary/aromatic N) is 3. The topological polar surface area (TPSA) is 70.8 Å². The molecule has 2 aliphatic rings. The molecule has 1 aromatic carbocycles. The second-order valence-electron chi connectivity index (χ2n) is 7.02. The molecule has 2 fully saturated rings. The molecule has 1 N–H and O–H groups in total. The number of likely N-dealkylation sites (tertiary alicyclic amines) is 1. The van der Waals surface area contributed by atoms with Gasteiger partial charge in [0, 0.05) is 38.3 Å². The lowest BCUT2D eigenvalue weighted by Crippen LogP contribution is -2.41. The van der Waals surface area contributed by atoms with Crippen LogP contribution in [0.15, 0.2) is 29.3 Å². The van der Waals surface area contributed by atoms with Crippen molar-refractivity contribution >= 4 is 35.6 Å². The first-order valence-electron chi connectivity index (χ1n) is 8.81. The van der Waals surface area contributed by atoms with Crippen LogP contribution in [-0.2, 0) is 6.54 Å². The molecule has 0 radical (unpaired) electrons. The Morgan fingerprint density at radius 2 is 2.00 bits per heavy atom. The van der Waals surface area contributed by atoms with Gasteiger partial charge in [-0.3, -0.25) is 15.1 Å². The summed E-state index contributed by atoms with van der Waals surface area (Å²) in [7, 11) is 1.79. The summed E-state index contributed by atoms with van der Waals surface area (Å²) in [5.41, 5.74) is 1.31. The van der Waals surface area contributed by atoms with Gasteiger partial charge in [0.2, 0.25) is 0 Å². The molecule has 1 aliphatic carbocycles. The van der Waals surface area contributed by atoms with Crippen LogP contribution in [0.25, 0.3) is 0 Å². The highest BCUT2D eigenvalue weighted by Crippen LogP contribution is 2.43. The number of hydrogen-bond donors (Lipinski definition) is 1. The van der Waals surface area contributed by atoms with Crippen molar-refractivity contribution in [1.82, 2.24) is 10.2 Å². The Morgan fingerprint density at radius 1 is 1.28 bits per heavy atom. The molecule has 138 valence electrons. The smallest absolute Gasteiger partial charge is 0.274 e. The van der Waals surface area contributed by atoms with Crippen LogP contribution in [-0.4, -0.2) is 35.9 Å². The number of benzene rings is 1. The van der Waals surface area contributed by atoms with Crippen molar-refractivity contribution in [2.75, 3.05) is 20.1 Å². The Morgan fingerprint density at radius 3 is 2.68 bits per heavy atom. The van der Waals surface area contributed by atoms with Crippen molar-refractivity contribution in [1.29, 1.82) is 0 Å². The molecule has 0 aromatic heterocycles. The molecule has 1 aromatic rings. The van der Waals surface area contributed by atoms with E-state index in [0.29, 0.717) is 17.5 Å². The molecular formula is C18H27IN4O2. The van der Waals surface area contributed by atoms with E-state index in [1.165, 1.54) is 38.5 Å². The van der Waals surface area contributed by atoms with E-state index >= 15 is 0 Å². The Kier molecular flexibility index (Phi) is 7.04. The lowest BCUT2D eigenvalue weighted by Gasteiger charge is -2.33. The number of nitro benzene ring substituents is 1. The first-order chi connectivity index (χ1) is 11.6. The van der Waals surface area contributed by atoms with Crippen molar-refractivity contribution in [3.63, 3.8) is 0 Å². The molecule has 1 saturated heterocycles. The molecule has 3 rings (SSSR count). The van der Waals surface area contributed by atoms with Gasteiger partial charge in [-0.25, -0.2) is 0 Å². The van der Waals surface area contributed by atoms with Gasteiger partial charge in [-0.15, -0.1) is 24.0 Å². The minimum absolute atomic E-state index is 0. The van der Waals surface area contributed by atoms with E-state index in [4.69, 9.17) is 0 Å². The van der Waals surface area contributed by atoms with E-state index in [1.54, 1.807) is 25.2 Å². The summed E-state index contributed by atoms with van der Waals surface area (Å²) in [6, 6.07) is 6.88. The Hall–Kier alpha value is -1.38. The standard InChI is InChI=1S/C18H26N4O2.HI/c1-19-17(20-13-15-7-3-4-8-16(15)22(23)24)21-12-11-18(14-21)9-5-2-6-10-18;/h3-4,7-8H,2,5-6,9-14H2,1H3,(H,19,20);1H. The zero-order valence-corrected chi connectivity index (χ0v) is 17.1. The summed E-state index contributed by atoms with van der Waals surface area (Å²) in [6.45, 7) is 2.51. The summed E-state index contributed by atoms with van der Waals surface area (Å²) >= 11 is 0. The fourth-order valence-electron chi connectivity index (χ4n) is 4.17. The van der Waals surface area contributed by atoms with Gasteiger partial charge in [0.1, 0.15) is 0 Å². The van der Waals surface area contributed by atoms with Crippen LogP contribution in [0.4, 0.5) is 5.69 Å². The first kappa shape index (κ1) is 19.9. The van der Waals surface area contributed by atoms with Gasteiger partial charge in [0.15, 0.2) is 5.96 Å². The Bertz CT molecular complexity index is 629. The number of nitrogens with one attached hydrogen (secondary N) is 1. The van der Waals surface area contributed by atoms with Gasteiger partial charge >= 0.3 is 0 Å². The minimum Gasteiger partial charge on any atom is -0.352 e. The van der Waals surface area contributed by atoms with Crippen LogP contribution in [0, 0.1) is 15.5 Å². The van der Waals surface area contributed by atoms with Gasteiger partial charge in [-0.2, -0.15) is 0 Å². The second-order valence-corrected chi connectivity index (χ2v) is 7.02. The van der Waals surface area contributed by atoms with Crippen LogP contribution in [0.5, 0.6) is 0 Å². The number of aliphatic imine (C=N–C) groups is 1. The maximum Gasteiger partial charge on any atom is 0.274 e. The maximum absolute atomic E-state index is 11.1. The van der Waals surface area contributed by atoms with Crippen LogP contribution >= 0.6 is 24.0 Å². The number of rotatable bonds is 3. The molecular weight excluding hydrogens is 431 g/mol. The molecule has 1 heterocycles. The second kappa shape index (κ2) is 8.82. The molecule has 0 atom stereocenters. The average molecular weight is 458 g/mol. The van der Waals surface area contributed by atoms with Gasteiger partial charge < -0.3 is 10.2 Å². The highest BCUT2D eigenvalue weighted by molar-refractivity contribution is 14.0. The number of nitro groups is 1. The predicted octanol–water partition coefficient (Wildman–Crippen LogP) is 3.94. The van der Waals surface area contributed by atoms with Crippen LogP contribution in [0.1, 0.15) is 44.1 Å². The fraction of sp³-hybridized carbons (Fsp3) is 0.611. The van der Waals surface area contributed by atoms with Gasteiger partial charge in [0.25, 0.3) is 5.69 Å². The summed E-state index contributed by atoms with van der Waals surface area (Å²) in [6.07, 6.45) is 7.94. The lowest BCUT2D eigenvalue weighted by molar-refractivity contribution is -0.385. The van der Waals surface area contributed by atoms with Gasteiger partial charge in [-0.1, -0.05) is 37.5 Å². The van der Waals surface area contributed by atoms with Crippen LogP contribution in [0.3, 0.4) is 0 Å². The van der Waals surface area contributed by atoms with Crippen LogP contribution < -0.4 is 5.32 Å². The van der Waals surface area contributed by atoms with Crippen molar-refractivity contribution in [2.45, 2.75) is 45.1 Å². The third-order valence-electron chi connectivity index (χ3n) is 5.49. The summed E-state index contributed by atoms with van der Waals surface area (Å²) in [5, 5.41) is 14.4. The number of para-hydroxylation sites is 1. The normalized spacial score (nSPS) is 19.6. The van der Waals surface area contributed by atoms with E-state index < -0.39 is 0 Å². The summed E-state index contributed by atoms with van der Waals surface area (Å²) in [5.74, 6) is 0.857. The molecule has 0 amide bonds. The molecule has 0 bridgehead atoms. The third kappa shape index (κ3) is 4.62. The monoisotopic (exact) mass is 458 g/mol. The Balaban J connectivity index is 0.00000225. The molecule has 6 nitrogen and oxygen atoms in total. The molecule has 25 heavy (non-hydrogen) atoms. The molecule has 1 aliphatic heterocycles. The van der Waals surface area contributed by atoms with Gasteiger partial charge in [0.05, 0.1) is 4.92 Å². The largest absolute Gasteiger partial charge is 0.352 e. The molecule has 1 saturated carbocycles. The van der Waals surface area contributed by atoms with E-state index in [9.17, 15) is 10.1 Å². The van der Waals surface area contributed by atoms with Crippen molar-refractivity contribution in [3.05, 3.63) is 39.9 Å². The highest BCUT2D eigenvalue weighted by atomic mass is 127. The van der Waals surface area contributed by atoms with E-state index in [2.05, 4.69) is 15.2 Å². The minimum atomic E-state index is -0.327. The zero-order chi connectivity index (χ0) is 17.0. The first-order valence-corrected chi connectivity index (χ1v) is 8.81. The van der Waals surface area contributed by atoms with Gasteiger partial charge in [-0.05, 0) is 24.7 Å². The Labute approximate surface area is 166 Å². The average Bonchev–Trinajstić information content (AvgIpc) is 2.99. The van der Waals surface area contributed by atoms with E-state index in [0.717, 1.165) is 19.0 Å². The van der Waals surface area contributed by atoms with Crippen LogP contribution in [0.2, 0.25) is 0 Å². The third-order valence-corrected chi connectivity index (χ3v) is 5.49. The number of hydrogen-bond acceptors (Lipinski definition) is 3. The fourth-order valence-corrected chi connectivity index (χ4v) is 4.17. The SMILES string of the molecule is CN=C(NCc1ccccc1[N+](=O)[O-])N1CCC2(CCCCC2)C1.I. The highest BCUT2D eigenvalue weighted by Gasteiger charge is 2.39. The number of guanidine groups is 1. The molecule has 7 heteroatoms. The zero-order valence-electron chi connectivity index (χ0n) is 14.7. The molecule has 1 spiro atoms. The quantitative estimate of drug-likeness (QED) is 0.245. The van der Waals surface area contributed by atoms with E-state index in [1.807, 2.05) is 6.07 Å². The summed E-state index contributed by atoms with van der Waals surface area (Å²) in [4.78, 5) is 17.5. The van der Waals surface area contributed by atoms with Crippen molar-refractivity contribution in [3.8, 4) is 0 Å². The number of halogens is 1. The van der Waals surface area contributed by atoms with Crippen molar-refractivity contribution < 1.29 is 4.92 Å². The maximum atomic E-state index is 11.1.